The van der Waals surface area contributed by atoms with Gasteiger partial charge in [0.1, 0.15) is 0 Å². The fourth-order valence-electron chi connectivity index (χ4n) is 3.49. The maximum Gasteiger partial charge on any atom is 0.627 e. The number of hydrogen-bond donors (Lipinski definition) is 0. The zero-order valence-corrected chi connectivity index (χ0v) is 15.5. The Hall–Kier alpha value is -0.0701. The summed E-state index contributed by atoms with van der Waals surface area (Å²) in [5, 5.41) is 0. The molecule has 23 heavy (non-hydrogen) atoms. The highest BCUT2D eigenvalue weighted by molar-refractivity contribution is 6.52. The third-order valence-electron chi connectivity index (χ3n) is 4.94. The third kappa shape index (κ3) is 4.95. The standard InChI is InChI=1S/C16H32B2O5/c1-7-13-9-19-17(21-15(13)11(3)4)23-18-20-10-14(8-2)16(22-18)12(5)6/h11-16H,7-10H2,1-6H3. The Bertz CT molecular complexity index is 323. The molecule has 0 aromatic rings. The zero-order valence-electron chi connectivity index (χ0n) is 15.5. The highest BCUT2D eigenvalue weighted by Gasteiger charge is 2.45. The molecule has 0 bridgehead atoms. The van der Waals surface area contributed by atoms with Crippen molar-refractivity contribution >= 4 is 14.6 Å². The van der Waals surface area contributed by atoms with Gasteiger partial charge in [-0.3, -0.25) is 0 Å². The van der Waals surface area contributed by atoms with Crippen LogP contribution >= 0.6 is 0 Å². The molecule has 0 aliphatic carbocycles. The van der Waals surface area contributed by atoms with Crippen LogP contribution in [0.5, 0.6) is 0 Å². The van der Waals surface area contributed by atoms with Crippen LogP contribution in [0.3, 0.4) is 0 Å². The Balaban J connectivity index is 1.89. The summed E-state index contributed by atoms with van der Waals surface area (Å²) >= 11 is 0. The molecular formula is C16H32B2O5. The first-order valence-corrected chi connectivity index (χ1v) is 9.15. The molecule has 4 unspecified atom stereocenters. The van der Waals surface area contributed by atoms with Crippen LogP contribution in [0.25, 0.3) is 0 Å². The van der Waals surface area contributed by atoms with Crippen molar-refractivity contribution in [1.29, 1.82) is 0 Å². The molecule has 7 heteroatoms. The Morgan fingerprint density at radius 1 is 0.826 bits per heavy atom. The molecule has 0 saturated carbocycles. The van der Waals surface area contributed by atoms with Crippen LogP contribution < -0.4 is 0 Å². The molecule has 4 atom stereocenters. The molecule has 0 amide bonds. The molecule has 0 radical (unpaired) electrons. The van der Waals surface area contributed by atoms with Crippen molar-refractivity contribution in [3.05, 3.63) is 0 Å². The minimum absolute atomic E-state index is 0.145. The molecule has 2 rings (SSSR count). The van der Waals surface area contributed by atoms with Gasteiger partial charge in [0.05, 0.1) is 12.2 Å². The maximum atomic E-state index is 6.00. The molecule has 0 aromatic heterocycles. The van der Waals surface area contributed by atoms with Gasteiger partial charge in [-0.1, -0.05) is 41.5 Å². The summed E-state index contributed by atoms with van der Waals surface area (Å²) < 4.78 is 29.2. The molecule has 0 spiro atoms. The van der Waals surface area contributed by atoms with Gasteiger partial charge in [0.15, 0.2) is 0 Å². The molecule has 5 nitrogen and oxygen atoms in total. The van der Waals surface area contributed by atoms with Gasteiger partial charge in [-0.25, -0.2) is 0 Å². The van der Waals surface area contributed by atoms with E-state index in [2.05, 4.69) is 41.5 Å². The van der Waals surface area contributed by atoms with E-state index >= 15 is 0 Å². The largest absolute Gasteiger partial charge is 0.627 e. The first-order valence-electron chi connectivity index (χ1n) is 9.15. The second kappa shape index (κ2) is 8.86. The van der Waals surface area contributed by atoms with Gasteiger partial charge in [-0.05, 0) is 24.7 Å². The molecule has 132 valence electrons. The average molecular weight is 326 g/mol. The van der Waals surface area contributed by atoms with Crippen LogP contribution in [0.2, 0.25) is 0 Å². The minimum Gasteiger partial charge on any atom is -0.399 e. The van der Waals surface area contributed by atoms with Gasteiger partial charge in [0.25, 0.3) is 0 Å². The van der Waals surface area contributed by atoms with Crippen molar-refractivity contribution in [2.24, 2.45) is 23.7 Å². The van der Waals surface area contributed by atoms with Crippen molar-refractivity contribution < 1.29 is 23.2 Å². The molecule has 2 saturated heterocycles. The van der Waals surface area contributed by atoms with Gasteiger partial charge in [0, 0.05) is 25.0 Å². The van der Waals surface area contributed by atoms with E-state index in [1.165, 1.54) is 0 Å². The number of rotatable bonds is 6. The van der Waals surface area contributed by atoms with E-state index in [1.807, 2.05) is 0 Å². The molecule has 2 fully saturated rings. The minimum atomic E-state index is -0.707. The van der Waals surface area contributed by atoms with Crippen molar-refractivity contribution in [1.82, 2.24) is 0 Å². The summed E-state index contributed by atoms with van der Waals surface area (Å²) in [5.41, 5.74) is 0. The first kappa shape index (κ1) is 19.3. The predicted octanol–water partition coefficient (Wildman–Crippen LogP) is 3.17. The Kier molecular flexibility index (Phi) is 7.42. The van der Waals surface area contributed by atoms with Crippen molar-refractivity contribution in [2.45, 2.75) is 66.6 Å². The molecule has 0 N–H and O–H groups in total. The Labute approximate surface area is 142 Å². The van der Waals surface area contributed by atoms with Crippen molar-refractivity contribution in [3.63, 3.8) is 0 Å². The lowest BCUT2D eigenvalue weighted by molar-refractivity contribution is -0.0706. The van der Waals surface area contributed by atoms with Crippen LogP contribution in [-0.4, -0.2) is 40.1 Å². The fraction of sp³-hybridized carbons (Fsp3) is 1.00. The Morgan fingerprint density at radius 2 is 1.22 bits per heavy atom. The topological polar surface area (TPSA) is 46.2 Å². The summed E-state index contributed by atoms with van der Waals surface area (Å²) in [6.45, 7) is 14.3. The average Bonchev–Trinajstić information content (AvgIpc) is 2.54. The van der Waals surface area contributed by atoms with E-state index in [4.69, 9.17) is 23.2 Å². The van der Waals surface area contributed by atoms with E-state index in [0.717, 1.165) is 12.8 Å². The lowest BCUT2D eigenvalue weighted by Gasteiger charge is -2.39. The van der Waals surface area contributed by atoms with Gasteiger partial charge in [-0.15, -0.1) is 0 Å². The molecule has 2 aliphatic heterocycles. The van der Waals surface area contributed by atoms with Gasteiger partial charge < -0.3 is 23.2 Å². The summed E-state index contributed by atoms with van der Waals surface area (Å²) in [4.78, 5) is 0. The molecular weight excluding hydrogens is 294 g/mol. The summed E-state index contributed by atoms with van der Waals surface area (Å²) in [5.74, 6) is 1.68. The highest BCUT2D eigenvalue weighted by Crippen LogP contribution is 2.29. The van der Waals surface area contributed by atoms with E-state index < -0.39 is 14.6 Å². The van der Waals surface area contributed by atoms with E-state index in [9.17, 15) is 0 Å². The predicted molar refractivity (Wildman–Crippen MR) is 91.5 cm³/mol. The second-order valence-electron chi connectivity index (χ2n) is 7.41. The van der Waals surface area contributed by atoms with Crippen LogP contribution in [0.4, 0.5) is 0 Å². The second-order valence-corrected chi connectivity index (χ2v) is 7.41. The van der Waals surface area contributed by atoms with E-state index in [0.29, 0.717) is 36.9 Å². The lowest BCUT2D eigenvalue weighted by atomic mass is 9.86. The van der Waals surface area contributed by atoms with Crippen molar-refractivity contribution in [2.75, 3.05) is 13.2 Å². The maximum absolute atomic E-state index is 6.00. The van der Waals surface area contributed by atoms with E-state index in [-0.39, 0.29) is 12.2 Å². The smallest absolute Gasteiger partial charge is 0.399 e. The normalized spacial score (nSPS) is 32.9. The van der Waals surface area contributed by atoms with Gasteiger partial charge in [-0.2, -0.15) is 0 Å². The monoisotopic (exact) mass is 326 g/mol. The summed E-state index contributed by atoms with van der Waals surface area (Å²) in [6.07, 6.45) is 2.37. The fourth-order valence-corrected chi connectivity index (χ4v) is 3.49. The summed E-state index contributed by atoms with van der Waals surface area (Å²) in [6, 6.07) is 0. The van der Waals surface area contributed by atoms with Gasteiger partial charge in [0.2, 0.25) is 0 Å². The molecule has 2 aliphatic rings. The lowest BCUT2D eigenvalue weighted by Crippen LogP contribution is -2.53. The molecule has 0 aromatic carbocycles. The van der Waals surface area contributed by atoms with Crippen LogP contribution in [0.15, 0.2) is 0 Å². The van der Waals surface area contributed by atoms with Crippen molar-refractivity contribution in [3.8, 4) is 0 Å². The summed E-state index contributed by atoms with van der Waals surface area (Å²) in [7, 11) is -1.41. The van der Waals surface area contributed by atoms with Crippen LogP contribution in [-0.2, 0) is 23.2 Å². The zero-order chi connectivity index (χ0) is 17.0. The van der Waals surface area contributed by atoms with E-state index in [1.54, 1.807) is 0 Å². The van der Waals surface area contributed by atoms with Gasteiger partial charge >= 0.3 is 14.6 Å². The Morgan fingerprint density at radius 3 is 1.52 bits per heavy atom. The first-order chi connectivity index (χ1) is 11.0. The molecule has 2 heterocycles. The van der Waals surface area contributed by atoms with Crippen LogP contribution in [0, 0.1) is 23.7 Å². The quantitative estimate of drug-likeness (QED) is 0.702. The SMILES string of the molecule is CCC1COB(OB2OCC(CC)C(C(C)C)O2)OC1C(C)C. The third-order valence-corrected chi connectivity index (χ3v) is 4.94. The highest BCUT2D eigenvalue weighted by atomic mass is 16.8. The van der Waals surface area contributed by atoms with Crippen LogP contribution in [0.1, 0.15) is 54.4 Å². The number of hydrogen-bond acceptors (Lipinski definition) is 5.